The molecule has 25 heavy (non-hydrogen) atoms. The average molecular weight is 336 g/mol. The van der Waals surface area contributed by atoms with E-state index >= 15 is 0 Å². The Morgan fingerprint density at radius 1 is 1.16 bits per heavy atom. The lowest BCUT2D eigenvalue weighted by Crippen LogP contribution is -2.27. The second-order valence-electron chi connectivity index (χ2n) is 5.18. The van der Waals surface area contributed by atoms with E-state index < -0.39 is 12.1 Å². The minimum atomic E-state index is -0.932. The monoisotopic (exact) mass is 336 g/mol. The van der Waals surface area contributed by atoms with Gasteiger partial charge in [-0.05, 0) is 20.8 Å². The lowest BCUT2D eigenvalue weighted by Gasteiger charge is -2.15. The second kappa shape index (κ2) is 7.89. The highest BCUT2D eigenvalue weighted by atomic mass is 16.6. The van der Waals surface area contributed by atoms with Crippen LogP contribution in [0.5, 0.6) is 5.88 Å². The van der Waals surface area contributed by atoms with E-state index in [9.17, 15) is 10.1 Å². The molecule has 0 aliphatic carbocycles. The fourth-order valence-corrected chi connectivity index (χ4v) is 2.03. The van der Waals surface area contributed by atoms with Crippen molar-refractivity contribution in [3.63, 3.8) is 0 Å². The zero-order chi connectivity index (χ0) is 18.4. The van der Waals surface area contributed by atoms with Crippen molar-refractivity contribution in [2.24, 2.45) is 0 Å². The first-order valence-electron chi connectivity index (χ1n) is 7.62. The van der Waals surface area contributed by atoms with Crippen molar-refractivity contribution < 1.29 is 14.3 Å². The molecule has 7 heteroatoms. The zero-order valence-electron chi connectivity index (χ0n) is 14.1. The Hall–Kier alpha value is -3.45. The molecule has 0 saturated carbocycles. The summed E-state index contributed by atoms with van der Waals surface area (Å²) >= 11 is 0. The number of carbonyl (C=O) groups excluding carboxylic acids is 1. The van der Waals surface area contributed by atoms with Crippen molar-refractivity contribution in [2.45, 2.75) is 26.9 Å². The summed E-state index contributed by atoms with van der Waals surface area (Å²) in [6.07, 6.45) is -0.932. The molecule has 1 aromatic carbocycles. The molecule has 0 fully saturated rings. The number of ether oxygens (including phenoxy) is 2. The fourth-order valence-electron chi connectivity index (χ4n) is 2.03. The van der Waals surface area contributed by atoms with E-state index in [2.05, 4.69) is 9.97 Å². The maximum Gasteiger partial charge on any atom is 0.347 e. The molecule has 0 bridgehead atoms. The van der Waals surface area contributed by atoms with E-state index in [1.807, 2.05) is 31.2 Å². The summed E-state index contributed by atoms with van der Waals surface area (Å²) in [5.74, 6) is -0.554. The summed E-state index contributed by atoms with van der Waals surface area (Å²) in [7, 11) is 0. The van der Waals surface area contributed by atoms with E-state index in [-0.39, 0.29) is 29.6 Å². The van der Waals surface area contributed by atoms with E-state index in [4.69, 9.17) is 14.7 Å². The van der Waals surface area contributed by atoms with Gasteiger partial charge < -0.3 is 9.47 Å². The molecular formula is C18H16N4O3. The fraction of sp³-hybridized carbons (Fsp3) is 0.278. The highest BCUT2D eigenvalue weighted by Crippen LogP contribution is 2.28. The number of hydrogen-bond acceptors (Lipinski definition) is 7. The molecular weight excluding hydrogens is 320 g/mol. The third-order valence-electron chi connectivity index (χ3n) is 3.31. The number of benzene rings is 1. The molecule has 0 saturated heterocycles. The minimum Gasteiger partial charge on any atom is -0.463 e. The van der Waals surface area contributed by atoms with Gasteiger partial charge in [-0.2, -0.15) is 15.5 Å². The number of aromatic nitrogens is 2. The summed E-state index contributed by atoms with van der Waals surface area (Å²) in [5, 5.41) is 18.3. The normalized spacial score (nSPS) is 11.1. The quantitative estimate of drug-likeness (QED) is 0.772. The van der Waals surface area contributed by atoms with E-state index in [1.54, 1.807) is 19.1 Å². The largest absolute Gasteiger partial charge is 0.463 e. The predicted octanol–water partition coefficient (Wildman–Crippen LogP) is 2.53. The molecule has 1 aromatic heterocycles. The van der Waals surface area contributed by atoms with Crippen LogP contribution >= 0.6 is 0 Å². The van der Waals surface area contributed by atoms with Gasteiger partial charge in [0.15, 0.2) is 17.5 Å². The Kier molecular flexibility index (Phi) is 5.65. The van der Waals surface area contributed by atoms with E-state index in [0.29, 0.717) is 5.56 Å². The van der Waals surface area contributed by atoms with Crippen molar-refractivity contribution in [1.82, 2.24) is 9.97 Å². The van der Waals surface area contributed by atoms with Crippen molar-refractivity contribution in [3.8, 4) is 29.3 Å². The average Bonchev–Trinajstić information content (AvgIpc) is 2.62. The standard InChI is InChI=1S/C18H16N4O3/c1-4-24-18(23)12(3)25-17-16(13-7-5-11(2)6-8-13)21-14(9-19)15(10-20)22-17/h5-8,12H,4H2,1-3H3. The molecule has 0 N–H and O–H groups in total. The number of aryl methyl sites for hydroxylation is 1. The summed E-state index contributed by atoms with van der Waals surface area (Å²) in [6, 6.07) is 11.0. The Morgan fingerprint density at radius 3 is 2.32 bits per heavy atom. The smallest absolute Gasteiger partial charge is 0.347 e. The number of nitriles is 2. The highest BCUT2D eigenvalue weighted by molar-refractivity contribution is 5.75. The van der Waals surface area contributed by atoms with Crippen LogP contribution in [0.4, 0.5) is 0 Å². The molecule has 1 unspecified atom stereocenters. The first kappa shape index (κ1) is 17.9. The zero-order valence-corrected chi connectivity index (χ0v) is 14.1. The van der Waals surface area contributed by atoms with Crippen LogP contribution in [0, 0.1) is 29.6 Å². The summed E-state index contributed by atoms with van der Waals surface area (Å²) in [5.41, 5.74) is 1.73. The Morgan fingerprint density at radius 2 is 1.76 bits per heavy atom. The SMILES string of the molecule is CCOC(=O)C(C)Oc1nc(C#N)c(C#N)nc1-c1ccc(C)cc1. The van der Waals surface area contributed by atoms with Crippen molar-refractivity contribution in [3.05, 3.63) is 41.2 Å². The lowest BCUT2D eigenvalue weighted by atomic mass is 10.1. The second-order valence-corrected chi connectivity index (χ2v) is 5.18. The van der Waals surface area contributed by atoms with E-state index in [0.717, 1.165) is 5.56 Å². The molecule has 0 spiro atoms. The molecule has 2 rings (SSSR count). The van der Waals surface area contributed by atoms with Gasteiger partial charge >= 0.3 is 5.97 Å². The van der Waals surface area contributed by atoms with Crippen LogP contribution in [-0.2, 0) is 9.53 Å². The molecule has 0 amide bonds. The van der Waals surface area contributed by atoms with Crippen LogP contribution in [0.1, 0.15) is 30.8 Å². The van der Waals surface area contributed by atoms with Gasteiger partial charge in [-0.25, -0.2) is 9.78 Å². The van der Waals surface area contributed by atoms with Gasteiger partial charge in [-0.3, -0.25) is 0 Å². The van der Waals surface area contributed by atoms with Crippen molar-refractivity contribution in [1.29, 1.82) is 10.5 Å². The molecule has 7 nitrogen and oxygen atoms in total. The van der Waals surface area contributed by atoms with Crippen LogP contribution in [0.25, 0.3) is 11.3 Å². The van der Waals surface area contributed by atoms with Crippen molar-refractivity contribution >= 4 is 5.97 Å². The van der Waals surface area contributed by atoms with Crippen molar-refractivity contribution in [2.75, 3.05) is 6.61 Å². The number of rotatable bonds is 5. The van der Waals surface area contributed by atoms with Crippen LogP contribution in [0.3, 0.4) is 0 Å². The maximum absolute atomic E-state index is 11.8. The van der Waals surface area contributed by atoms with E-state index in [1.165, 1.54) is 6.92 Å². The van der Waals surface area contributed by atoms with Crippen LogP contribution < -0.4 is 4.74 Å². The number of carbonyl (C=O) groups is 1. The lowest BCUT2D eigenvalue weighted by molar-refractivity contribution is -0.150. The summed E-state index contributed by atoms with van der Waals surface area (Å²) < 4.78 is 10.5. The first-order chi connectivity index (χ1) is 12.0. The summed E-state index contributed by atoms with van der Waals surface area (Å²) in [6.45, 7) is 5.37. The Labute approximate surface area is 145 Å². The minimum absolute atomic E-state index is 0.0000406. The third-order valence-corrected chi connectivity index (χ3v) is 3.31. The summed E-state index contributed by atoms with van der Waals surface area (Å²) in [4.78, 5) is 20.1. The molecule has 2 aromatic rings. The first-order valence-corrected chi connectivity index (χ1v) is 7.62. The van der Waals surface area contributed by atoms with Crippen LogP contribution in [0.15, 0.2) is 24.3 Å². The van der Waals surface area contributed by atoms with Crippen LogP contribution in [-0.4, -0.2) is 28.6 Å². The third kappa shape index (κ3) is 4.10. The van der Waals surface area contributed by atoms with Gasteiger partial charge in [0.25, 0.3) is 0 Å². The molecule has 0 aliphatic heterocycles. The molecule has 1 atom stereocenters. The Bertz CT molecular complexity index is 864. The van der Waals surface area contributed by atoms with Crippen LogP contribution in [0.2, 0.25) is 0 Å². The predicted molar refractivity (Wildman–Crippen MR) is 88.4 cm³/mol. The topological polar surface area (TPSA) is 109 Å². The van der Waals surface area contributed by atoms with Gasteiger partial charge in [0.1, 0.15) is 17.8 Å². The number of hydrogen-bond donors (Lipinski definition) is 0. The van der Waals surface area contributed by atoms with Gasteiger partial charge in [0.2, 0.25) is 5.88 Å². The maximum atomic E-state index is 11.8. The van der Waals surface area contributed by atoms with Gasteiger partial charge in [-0.1, -0.05) is 29.8 Å². The van der Waals surface area contributed by atoms with Gasteiger partial charge in [0.05, 0.1) is 6.61 Å². The number of nitrogens with zero attached hydrogens (tertiary/aromatic N) is 4. The molecule has 126 valence electrons. The Balaban J connectivity index is 2.52. The van der Waals surface area contributed by atoms with Gasteiger partial charge in [0, 0.05) is 5.56 Å². The molecule has 0 aliphatic rings. The highest BCUT2D eigenvalue weighted by Gasteiger charge is 2.22. The molecule has 1 heterocycles. The number of esters is 1. The molecule has 0 radical (unpaired) electrons. The van der Waals surface area contributed by atoms with Gasteiger partial charge in [-0.15, -0.1) is 0 Å².